The Kier molecular flexibility index (Phi) is 1.91. The topological polar surface area (TPSA) is 43.8 Å². The average molecular weight is 179 g/mol. The number of hydrogen-bond donors (Lipinski definition) is 1. The molecule has 1 unspecified atom stereocenters. The predicted molar refractivity (Wildman–Crippen MR) is 52.2 cm³/mol. The Balaban J connectivity index is 2.04. The van der Waals surface area contributed by atoms with Gasteiger partial charge in [-0.15, -0.1) is 0 Å². The first-order valence-electron chi connectivity index (χ1n) is 4.84. The predicted octanol–water partition coefficient (Wildman–Crippen LogP) is 1.09. The van der Waals surface area contributed by atoms with Crippen molar-refractivity contribution in [3.63, 3.8) is 0 Å². The molecule has 2 rings (SSSR count). The summed E-state index contributed by atoms with van der Waals surface area (Å²) in [6.45, 7) is 2.15. The van der Waals surface area contributed by atoms with Gasteiger partial charge in [0.1, 0.15) is 0 Å². The average Bonchev–Trinajstić information content (AvgIpc) is 2.78. The zero-order valence-electron chi connectivity index (χ0n) is 8.33. The Morgan fingerprint density at radius 3 is 2.85 bits per heavy atom. The number of aryl methyl sites for hydroxylation is 1. The maximum atomic E-state index is 6.23. The summed E-state index contributed by atoms with van der Waals surface area (Å²) in [5.74, 6) is 0.729. The maximum absolute atomic E-state index is 6.23. The number of aromatic nitrogens is 2. The van der Waals surface area contributed by atoms with Crippen LogP contribution in [0, 0.1) is 5.92 Å². The van der Waals surface area contributed by atoms with Gasteiger partial charge in [-0.25, -0.2) is 0 Å². The van der Waals surface area contributed by atoms with Crippen LogP contribution >= 0.6 is 0 Å². The van der Waals surface area contributed by atoms with Gasteiger partial charge in [0.05, 0.1) is 6.20 Å². The fourth-order valence-electron chi connectivity index (χ4n) is 1.89. The van der Waals surface area contributed by atoms with Gasteiger partial charge in [0.25, 0.3) is 0 Å². The van der Waals surface area contributed by atoms with E-state index in [9.17, 15) is 0 Å². The van der Waals surface area contributed by atoms with E-state index in [0.717, 1.165) is 12.3 Å². The molecule has 1 aromatic heterocycles. The molecule has 3 nitrogen and oxygen atoms in total. The van der Waals surface area contributed by atoms with Crippen LogP contribution in [0.25, 0.3) is 0 Å². The first kappa shape index (κ1) is 8.75. The van der Waals surface area contributed by atoms with Gasteiger partial charge in [0, 0.05) is 18.8 Å². The van der Waals surface area contributed by atoms with Crippen LogP contribution in [0.3, 0.4) is 0 Å². The van der Waals surface area contributed by atoms with Crippen molar-refractivity contribution >= 4 is 0 Å². The lowest BCUT2D eigenvalue weighted by molar-refractivity contribution is 0.406. The van der Waals surface area contributed by atoms with E-state index in [4.69, 9.17) is 5.73 Å². The quantitative estimate of drug-likeness (QED) is 0.755. The van der Waals surface area contributed by atoms with Crippen molar-refractivity contribution in [3.8, 4) is 0 Å². The molecule has 0 amide bonds. The molecule has 2 N–H and O–H groups in total. The lowest BCUT2D eigenvalue weighted by Gasteiger charge is -2.23. The summed E-state index contributed by atoms with van der Waals surface area (Å²) >= 11 is 0. The molecule has 1 aliphatic carbocycles. The molecule has 72 valence electrons. The van der Waals surface area contributed by atoms with Crippen molar-refractivity contribution in [2.45, 2.75) is 31.7 Å². The molecule has 0 saturated heterocycles. The lowest BCUT2D eigenvalue weighted by Crippen LogP contribution is -2.40. The van der Waals surface area contributed by atoms with E-state index in [1.165, 1.54) is 18.4 Å². The molecular formula is C10H17N3. The van der Waals surface area contributed by atoms with Crippen molar-refractivity contribution in [2.75, 3.05) is 0 Å². The minimum atomic E-state index is -0.0248. The van der Waals surface area contributed by atoms with Gasteiger partial charge in [-0.2, -0.15) is 5.10 Å². The van der Waals surface area contributed by atoms with Gasteiger partial charge in [0.15, 0.2) is 0 Å². The van der Waals surface area contributed by atoms with Crippen LogP contribution in [0.15, 0.2) is 12.4 Å². The summed E-state index contributed by atoms with van der Waals surface area (Å²) in [5, 5.41) is 4.14. The summed E-state index contributed by atoms with van der Waals surface area (Å²) in [4.78, 5) is 0. The summed E-state index contributed by atoms with van der Waals surface area (Å²) < 4.78 is 1.83. The van der Waals surface area contributed by atoms with Gasteiger partial charge in [-0.05, 0) is 37.7 Å². The third-order valence-corrected chi connectivity index (χ3v) is 2.85. The van der Waals surface area contributed by atoms with Crippen LogP contribution in [0.5, 0.6) is 0 Å². The largest absolute Gasteiger partial charge is 0.325 e. The third-order valence-electron chi connectivity index (χ3n) is 2.85. The number of hydrogen-bond acceptors (Lipinski definition) is 2. The molecule has 1 saturated carbocycles. The monoisotopic (exact) mass is 179 g/mol. The highest BCUT2D eigenvalue weighted by molar-refractivity contribution is 5.11. The minimum absolute atomic E-state index is 0.0248. The highest BCUT2D eigenvalue weighted by atomic mass is 15.2. The second kappa shape index (κ2) is 2.84. The Morgan fingerprint density at radius 2 is 2.38 bits per heavy atom. The molecule has 0 bridgehead atoms. The Morgan fingerprint density at radius 1 is 1.69 bits per heavy atom. The second-order valence-corrected chi connectivity index (χ2v) is 4.48. The molecular weight excluding hydrogens is 162 g/mol. The summed E-state index contributed by atoms with van der Waals surface area (Å²) in [5.41, 5.74) is 7.45. The summed E-state index contributed by atoms with van der Waals surface area (Å²) in [7, 11) is 1.94. The Bertz CT molecular complexity index is 297. The zero-order chi connectivity index (χ0) is 9.47. The zero-order valence-corrected chi connectivity index (χ0v) is 8.33. The van der Waals surface area contributed by atoms with Crippen LogP contribution in [-0.4, -0.2) is 15.3 Å². The van der Waals surface area contributed by atoms with Crippen molar-refractivity contribution in [2.24, 2.45) is 18.7 Å². The molecule has 3 heteroatoms. The van der Waals surface area contributed by atoms with Gasteiger partial charge < -0.3 is 5.73 Å². The maximum Gasteiger partial charge on any atom is 0.0522 e. The standard InChI is InChI=1S/C10H17N3/c1-10(11,9-3-4-9)5-8-6-12-13(2)7-8/h6-7,9H,3-5,11H2,1-2H3. The Labute approximate surface area is 78.9 Å². The van der Waals surface area contributed by atoms with Gasteiger partial charge >= 0.3 is 0 Å². The van der Waals surface area contributed by atoms with Gasteiger partial charge in [0.2, 0.25) is 0 Å². The van der Waals surface area contributed by atoms with E-state index in [0.29, 0.717) is 0 Å². The second-order valence-electron chi connectivity index (χ2n) is 4.48. The van der Waals surface area contributed by atoms with Crippen molar-refractivity contribution in [3.05, 3.63) is 18.0 Å². The van der Waals surface area contributed by atoms with E-state index < -0.39 is 0 Å². The first-order chi connectivity index (χ1) is 6.08. The molecule has 0 spiro atoms. The lowest BCUT2D eigenvalue weighted by atomic mass is 9.90. The van der Waals surface area contributed by atoms with Crippen molar-refractivity contribution < 1.29 is 0 Å². The van der Waals surface area contributed by atoms with Crippen LogP contribution < -0.4 is 5.73 Å². The van der Waals surface area contributed by atoms with Crippen LogP contribution in [0.4, 0.5) is 0 Å². The fraction of sp³-hybridized carbons (Fsp3) is 0.700. The minimum Gasteiger partial charge on any atom is -0.325 e. The summed E-state index contributed by atoms with van der Waals surface area (Å²) in [6, 6.07) is 0. The number of rotatable bonds is 3. The van der Waals surface area contributed by atoms with E-state index >= 15 is 0 Å². The van der Waals surface area contributed by atoms with Crippen molar-refractivity contribution in [1.29, 1.82) is 0 Å². The third kappa shape index (κ3) is 1.91. The van der Waals surface area contributed by atoms with E-state index in [1.807, 2.05) is 24.1 Å². The smallest absolute Gasteiger partial charge is 0.0522 e. The highest BCUT2D eigenvalue weighted by Gasteiger charge is 2.38. The van der Waals surface area contributed by atoms with E-state index in [1.54, 1.807) is 0 Å². The molecule has 1 atom stereocenters. The Hall–Kier alpha value is -0.830. The fourth-order valence-corrected chi connectivity index (χ4v) is 1.89. The SMILES string of the molecule is Cn1cc(CC(C)(N)C2CC2)cn1. The van der Waals surface area contributed by atoms with Gasteiger partial charge in [-0.3, -0.25) is 4.68 Å². The highest BCUT2D eigenvalue weighted by Crippen LogP contribution is 2.39. The number of nitrogens with zero attached hydrogens (tertiary/aromatic N) is 2. The van der Waals surface area contributed by atoms with Crippen molar-refractivity contribution in [1.82, 2.24) is 9.78 Å². The molecule has 1 aliphatic rings. The molecule has 1 fully saturated rings. The molecule has 0 aliphatic heterocycles. The molecule has 1 heterocycles. The summed E-state index contributed by atoms with van der Waals surface area (Å²) in [6.07, 6.45) is 7.51. The normalized spacial score (nSPS) is 21.5. The van der Waals surface area contributed by atoms with E-state index in [-0.39, 0.29) is 5.54 Å². The van der Waals surface area contributed by atoms with Crippen LogP contribution in [0.1, 0.15) is 25.3 Å². The molecule has 0 aromatic carbocycles. The number of nitrogens with two attached hydrogens (primary N) is 1. The van der Waals surface area contributed by atoms with Crippen LogP contribution in [0.2, 0.25) is 0 Å². The van der Waals surface area contributed by atoms with Gasteiger partial charge in [-0.1, -0.05) is 0 Å². The van der Waals surface area contributed by atoms with E-state index in [2.05, 4.69) is 12.0 Å². The van der Waals surface area contributed by atoms with Crippen LogP contribution in [-0.2, 0) is 13.5 Å². The molecule has 1 aromatic rings. The molecule has 13 heavy (non-hydrogen) atoms. The molecule has 0 radical (unpaired) electrons. The first-order valence-corrected chi connectivity index (χ1v) is 4.84.